The topological polar surface area (TPSA) is 108 Å². The molecule has 1 saturated carbocycles. The maximum Gasteiger partial charge on any atom is 0.322 e. The fourth-order valence-corrected chi connectivity index (χ4v) is 2.95. The van der Waals surface area contributed by atoms with Gasteiger partial charge in [0.1, 0.15) is 0 Å². The summed E-state index contributed by atoms with van der Waals surface area (Å²) < 4.78 is 16.0. The van der Waals surface area contributed by atoms with Crippen molar-refractivity contribution in [3.05, 3.63) is 0 Å². The van der Waals surface area contributed by atoms with E-state index in [1.807, 2.05) is 7.05 Å². The van der Waals surface area contributed by atoms with Gasteiger partial charge < -0.3 is 30.2 Å². The molecule has 1 aliphatic rings. The largest absolute Gasteiger partial charge is 0.467 e. The number of nitrogens with one attached hydrogen (secondary N) is 1. The second kappa shape index (κ2) is 11.8. The Labute approximate surface area is 155 Å². The van der Waals surface area contributed by atoms with Gasteiger partial charge in [0.15, 0.2) is 0 Å². The summed E-state index contributed by atoms with van der Waals surface area (Å²) in [6.07, 6.45) is 6.18. The highest BCUT2D eigenvalue weighted by molar-refractivity contribution is 5.38. The third kappa shape index (κ3) is 6.89. The molecule has 0 amide bonds. The fourth-order valence-electron chi connectivity index (χ4n) is 2.95. The van der Waals surface area contributed by atoms with Crippen LogP contribution in [0.25, 0.3) is 0 Å². The average molecular weight is 368 g/mol. The van der Waals surface area contributed by atoms with Crippen LogP contribution in [0, 0.1) is 0 Å². The predicted molar refractivity (Wildman–Crippen MR) is 101 cm³/mol. The highest BCUT2D eigenvalue weighted by atomic mass is 16.5. The van der Waals surface area contributed by atoms with Gasteiger partial charge in [-0.1, -0.05) is 19.3 Å². The van der Waals surface area contributed by atoms with E-state index < -0.39 is 0 Å². The monoisotopic (exact) mass is 368 g/mol. The van der Waals surface area contributed by atoms with Gasteiger partial charge in [-0.15, -0.1) is 0 Å². The molecule has 0 aliphatic heterocycles. The zero-order valence-electron chi connectivity index (χ0n) is 15.9. The van der Waals surface area contributed by atoms with Gasteiger partial charge in [-0.05, 0) is 12.8 Å². The Morgan fingerprint density at radius 3 is 2.46 bits per heavy atom. The molecule has 1 aliphatic carbocycles. The van der Waals surface area contributed by atoms with Crippen LogP contribution < -0.4 is 20.7 Å². The Bertz CT molecular complexity index is 513. The van der Waals surface area contributed by atoms with Crippen molar-refractivity contribution in [2.75, 3.05) is 63.9 Å². The van der Waals surface area contributed by atoms with E-state index in [4.69, 9.17) is 19.9 Å². The summed E-state index contributed by atoms with van der Waals surface area (Å²) in [6, 6.07) is 0.789. The molecular formula is C17H32N6O3. The summed E-state index contributed by atoms with van der Waals surface area (Å²) in [7, 11) is 3.60. The number of rotatable bonds is 12. The van der Waals surface area contributed by atoms with Crippen molar-refractivity contribution in [2.24, 2.45) is 5.73 Å². The van der Waals surface area contributed by atoms with Crippen LogP contribution in [0.2, 0.25) is 0 Å². The molecule has 0 radical (unpaired) electrons. The van der Waals surface area contributed by atoms with Crippen LogP contribution in [0.5, 0.6) is 6.01 Å². The molecule has 0 saturated heterocycles. The number of anilines is 2. The van der Waals surface area contributed by atoms with Gasteiger partial charge in [-0.2, -0.15) is 15.0 Å². The van der Waals surface area contributed by atoms with Crippen LogP contribution in [0.15, 0.2) is 0 Å². The lowest BCUT2D eigenvalue weighted by Gasteiger charge is -2.31. The zero-order chi connectivity index (χ0) is 18.6. The van der Waals surface area contributed by atoms with E-state index >= 15 is 0 Å². The van der Waals surface area contributed by atoms with E-state index in [1.54, 1.807) is 7.11 Å². The predicted octanol–water partition coefficient (Wildman–Crippen LogP) is 1.05. The molecule has 1 aromatic heterocycles. The van der Waals surface area contributed by atoms with Crippen LogP contribution >= 0.6 is 0 Å². The summed E-state index contributed by atoms with van der Waals surface area (Å²) in [6.45, 7) is 3.30. The molecule has 0 aromatic carbocycles. The number of methoxy groups -OCH3 is 1. The molecular weight excluding hydrogens is 336 g/mol. The molecule has 1 aromatic rings. The van der Waals surface area contributed by atoms with Crippen molar-refractivity contribution >= 4 is 11.9 Å². The third-order valence-corrected chi connectivity index (χ3v) is 4.39. The second-order valence-electron chi connectivity index (χ2n) is 6.29. The molecule has 148 valence electrons. The number of nitrogens with two attached hydrogens (primary N) is 1. The number of hydrogen-bond donors (Lipinski definition) is 2. The zero-order valence-corrected chi connectivity index (χ0v) is 15.9. The number of aromatic nitrogens is 3. The maximum atomic E-state index is 5.49. The SMILES string of the molecule is COc1nc(NCCOCCOCCN)nc(N(C)C2CCCCC2)n1. The van der Waals surface area contributed by atoms with Gasteiger partial charge in [0, 0.05) is 26.2 Å². The lowest BCUT2D eigenvalue weighted by Crippen LogP contribution is -2.34. The number of ether oxygens (including phenoxy) is 3. The lowest BCUT2D eigenvalue weighted by molar-refractivity contribution is 0.0547. The Hall–Kier alpha value is -1.71. The van der Waals surface area contributed by atoms with Gasteiger partial charge in [0.05, 0.1) is 33.5 Å². The fraction of sp³-hybridized carbons (Fsp3) is 0.824. The van der Waals surface area contributed by atoms with E-state index in [1.165, 1.54) is 32.1 Å². The van der Waals surface area contributed by atoms with Crippen LogP contribution in [-0.4, -0.2) is 74.7 Å². The highest BCUT2D eigenvalue weighted by Gasteiger charge is 2.21. The summed E-state index contributed by atoms with van der Waals surface area (Å²) in [5.74, 6) is 1.14. The van der Waals surface area contributed by atoms with E-state index in [2.05, 4.69) is 25.2 Å². The maximum absolute atomic E-state index is 5.49. The quantitative estimate of drug-likeness (QED) is 0.523. The molecule has 0 spiro atoms. The number of nitrogens with zero attached hydrogens (tertiary/aromatic N) is 4. The second-order valence-corrected chi connectivity index (χ2v) is 6.29. The summed E-state index contributed by atoms with van der Waals surface area (Å²) in [5.41, 5.74) is 5.35. The Morgan fingerprint density at radius 2 is 1.77 bits per heavy atom. The standard InChI is InChI=1S/C17H32N6O3/c1-23(14-6-4-3-5-7-14)16-20-15(21-17(22-16)24-2)19-9-11-26-13-12-25-10-8-18/h14H,3-13,18H2,1-2H3,(H,19,20,21,22). The first-order valence-corrected chi connectivity index (χ1v) is 9.37. The minimum absolute atomic E-state index is 0.316. The van der Waals surface area contributed by atoms with E-state index in [-0.39, 0.29) is 0 Å². The molecule has 0 bridgehead atoms. The molecule has 0 unspecified atom stereocenters. The molecule has 26 heavy (non-hydrogen) atoms. The minimum atomic E-state index is 0.316. The van der Waals surface area contributed by atoms with Gasteiger partial charge in [0.2, 0.25) is 11.9 Å². The first-order chi connectivity index (χ1) is 12.7. The Kier molecular flexibility index (Phi) is 9.36. The molecule has 1 heterocycles. The Morgan fingerprint density at radius 1 is 1.04 bits per heavy atom. The van der Waals surface area contributed by atoms with Crippen LogP contribution in [0.3, 0.4) is 0 Å². The van der Waals surface area contributed by atoms with Gasteiger partial charge in [-0.25, -0.2) is 0 Å². The average Bonchev–Trinajstić information content (AvgIpc) is 2.69. The van der Waals surface area contributed by atoms with E-state index in [9.17, 15) is 0 Å². The summed E-state index contributed by atoms with van der Waals surface area (Å²) in [4.78, 5) is 15.3. The van der Waals surface area contributed by atoms with Crippen molar-refractivity contribution < 1.29 is 14.2 Å². The summed E-state index contributed by atoms with van der Waals surface area (Å²) in [5, 5.41) is 3.16. The first kappa shape index (κ1) is 20.6. The number of hydrogen-bond acceptors (Lipinski definition) is 9. The van der Waals surface area contributed by atoms with Crippen molar-refractivity contribution in [1.29, 1.82) is 0 Å². The van der Waals surface area contributed by atoms with Gasteiger partial charge in [0.25, 0.3) is 0 Å². The van der Waals surface area contributed by atoms with Gasteiger partial charge in [-0.3, -0.25) is 0 Å². The molecule has 9 nitrogen and oxygen atoms in total. The minimum Gasteiger partial charge on any atom is -0.467 e. The molecule has 2 rings (SSSR count). The van der Waals surface area contributed by atoms with E-state index in [0.717, 1.165) is 0 Å². The summed E-state index contributed by atoms with van der Waals surface area (Å²) >= 11 is 0. The smallest absolute Gasteiger partial charge is 0.322 e. The van der Waals surface area contributed by atoms with Crippen molar-refractivity contribution in [2.45, 2.75) is 38.1 Å². The first-order valence-electron chi connectivity index (χ1n) is 9.37. The van der Waals surface area contributed by atoms with Crippen molar-refractivity contribution in [3.63, 3.8) is 0 Å². The van der Waals surface area contributed by atoms with Crippen molar-refractivity contribution in [1.82, 2.24) is 15.0 Å². The lowest BCUT2D eigenvalue weighted by atomic mass is 9.95. The van der Waals surface area contributed by atoms with Crippen LogP contribution in [0.4, 0.5) is 11.9 Å². The van der Waals surface area contributed by atoms with Gasteiger partial charge >= 0.3 is 6.01 Å². The van der Waals surface area contributed by atoms with Crippen LogP contribution in [0.1, 0.15) is 32.1 Å². The normalized spacial score (nSPS) is 15.0. The Balaban J connectivity index is 1.82. The van der Waals surface area contributed by atoms with Crippen molar-refractivity contribution in [3.8, 4) is 6.01 Å². The van der Waals surface area contributed by atoms with Crippen LogP contribution in [-0.2, 0) is 9.47 Å². The molecule has 1 fully saturated rings. The third-order valence-electron chi connectivity index (χ3n) is 4.39. The molecule has 9 heteroatoms. The molecule has 3 N–H and O–H groups in total. The molecule has 0 atom stereocenters. The highest BCUT2D eigenvalue weighted by Crippen LogP contribution is 2.25. The van der Waals surface area contributed by atoms with E-state index in [0.29, 0.717) is 63.5 Å².